The second-order valence-corrected chi connectivity index (χ2v) is 6.37. The average Bonchev–Trinajstić information content (AvgIpc) is 2.48. The topological polar surface area (TPSA) is 47.6 Å². The van der Waals surface area contributed by atoms with Gasteiger partial charge in [-0.15, -0.1) is 11.8 Å². The number of ether oxygens (including phenoxy) is 2. The summed E-state index contributed by atoms with van der Waals surface area (Å²) >= 11 is 7.86. The number of carbonyl (C=O) groups excluding carboxylic acids is 1. The van der Waals surface area contributed by atoms with E-state index in [4.69, 9.17) is 21.1 Å². The Kier molecular flexibility index (Phi) is 6.83. The van der Waals surface area contributed by atoms with Gasteiger partial charge in [0.25, 0.3) is 0 Å². The molecular formula is C15H20ClNO3S. The molecule has 0 radical (unpaired) electrons. The van der Waals surface area contributed by atoms with Gasteiger partial charge >= 0.3 is 0 Å². The fourth-order valence-corrected chi connectivity index (χ4v) is 3.48. The number of halogens is 1. The molecule has 1 atom stereocenters. The summed E-state index contributed by atoms with van der Waals surface area (Å²) in [6.07, 6.45) is 1.29. The van der Waals surface area contributed by atoms with Crippen LogP contribution >= 0.6 is 23.4 Å². The van der Waals surface area contributed by atoms with E-state index in [2.05, 4.69) is 5.32 Å². The number of nitrogens with one attached hydrogen (secondary N) is 1. The SMILES string of the molecule is COCCOCCC(=O)N[C@H]1CCSc2ccc(Cl)cc21. The summed E-state index contributed by atoms with van der Waals surface area (Å²) in [6.45, 7) is 1.48. The van der Waals surface area contributed by atoms with Gasteiger partial charge in [0.15, 0.2) is 0 Å². The number of hydrogen-bond donors (Lipinski definition) is 1. The molecule has 1 N–H and O–H groups in total. The molecule has 1 aromatic rings. The maximum Gasteiger partial charge on any atom is 0.222 e. The van der Waals surface area contributed by atoms with E-state index in [-0.39, 0.29) is 11.9 Å². The summed E-state index contributed by atoms with van der Waals surface area (Å²) in [5.74, 6) is 1.01. The predicted molar refractivity (Wildman–Crippen MR) is 85.0 cm³/mol. The number of benzene rings is 1. The van der Waals surface area contributed by atoms with Crippen LogP contribution in [0.2, 0.25) is 5.02 Å². The predicted octanol–water partition coefficient (Wildman–Crippen LogP) is 3.05. The molecule has 0 saturated carbocycles. The molecule has 116 valence electrons. The lowest BCUT2D eigenvalue weighted by atomic mass is 10.0. The van der Waals surface area contributed by atoms with E-state index >= 15 is 0 Å². The van der Waals surface area contributed by atoms with Gasteiger partial charge in [0, 0.05) is 29.2 Å². The zero-order chi connectivity index (χ0) is 15.1. The van der Waals surface area contributed by atoms with Crippen molar-refractivity contribution >= 4 is 29.3 Å². The third-order valence-corrected chi connectivity index (χ3v) is 4.61. The Morgan fingerprint density at radius 1 is 1.43 bits per heavy atom. The van der Waals surface area contributed by atoms with Crippen LogP contribution in [-0.4, -0.2) is 38.6 Å². The molecule has 0 fully saturated rings. The average molecular weight is 330 g/mol. The first-order valence-electron chi connectivity index (χ1n) is 6.99. The molecule has 1 aromatic carbocycles. The minimum atomic E-state index is 0.00948. The number of hydrogen-bond acceptors (Lipinski definition) is 4. The number of carbonyl (C=O) groups is 1. The van der Waals surface area contributed by atoms with Crippen molar-refractivity contribution in [2.24, 2.45) is 0 Å². The van der Waals surface area contributed by atoms with Crippen LogP contribution in [-0.2, 0) is 14.3 Å². The van der Waals surface area contributed by atoms with E-state index in [1.54, 1.807) is 18.9 Å². The van der Waals surface area contributed by atoms with Crippen molar-refractivity contribution in [2.75, 3.05) is 32.7 Å². The monoisotopic (exact) mass is 329 g/mol. The minimum Gasteiger partial charge on any atom is -0.382 e. The molecule has 21 heavy (non-hydrogen) atoms. The lowest BCUT2D eigenvalue weighted by molar-refractivity contribution is -0.123. The maximum atomic E-state index is 12.0. The number of rotatable bonds is 7. The molecule has 1 aliphatic rings. The molecule has 0 aliphatic carbocycles. The summed E-state index contributed by atoms with van der Waals surface area (Å²) in [7, 11) is 1.62. The molecule has 0 spiro atoms. The summed E-state index contributed by atoms with van der Waals surface area (Å²) in [6, 6.07) is 5.91. The lowest BCUT2D eigenvalue weighted by Crippen LogP contribution is -2.31. The molecule has 2 rings (SSSR count). The summed E-state index contributed by atoms with van der Waals surface area (Å²) < 4.78 is 10.2. The van der Waals surface area contributed by atoms with Crippen LogP contribution in [0.3, 0.4) is 0 Å². The van der Waals surface area contributed by atoms with Crippen LogP contribution in [0, 0.1) is 0 Å². The van der Waals surface area contributed by atoms with Gasteiger partial charge in [-0.3, -0.25) is 4.79 Å². The zero-order valence-corrected chi connectivity index (χ0v) is 13.6. The first-order chi connectivity index (χ1) is 10.2. The van der Waals surface area contributed by atoms with Crippen LogP contribution in [0.1, 0.15) is 24.4 Å². The Labute approximate surface area is 134 Å². The van der Waals surface area contributed by atoms with E-state index in [0.717, 1.165) is 17.7 Å². The standard InChI is InChI=1S/C15H20ClNO3S/c1-19-7-8-20-6-4-15(18)17-13-5-9-21-14-3-2-11(16)10-12(13)14/h2-3,10,13H,4-9H2,1H3,(H,17,18)/t13-/m0/s1. The number of methoxy groups -OCH3 is 1. The van der Waals surface area contributed by atoms with Crippen LogP contribution in [0.5, 0.6) is 0 Å². The van der Waals surface area contributed by atoms with Gasteiger partial charge in [0.1, 0.15) is 0 Å². The van der Waals surface area contributed by atoms with Crippen molar-refractivity contribution in [3.63, 3.8) is 0 Å². The first kappa shape index (κ1) is 16.6. The largest absolute Gasteiger partial charge is 0.382 e. The Balaban J connectivity index is 1.83. The molecule has 6 heteroatoms. The maximum absolute atomic E-state index is 12.0. The highest BCUT2D eigenvalue weighted by molar-refractivity contribution is 7.99. The van der Waals surface area contributed by atoms with Gasteiger partial charge < -0.3 is 14.8 Å². The normalized spacial score (nSPS) is 17.3. The minimum absolute atomic E-state index is 0.00948. The van der Waals surface area contributed by atoms with Crippen molar-refractivity contribution in [3.8, 4) is 0 Å². The quantitative estimate of drug-likeness (QED) is 0.781. The van der Waals surface area contributed by atoms with Gasteiger partial charge in [0.05, 0.1) is 25.9 Å². The molecule has 1 aliphatic heterocycles. The van der Waals surface area contributed by atoms with Crippen LogP contribution in [0.4, 0.5) is 0 Å². The van der Waals surface area contributed by atoms with E-state index in [9.17, 15) is 4.79 Å². The lowest BCUT2D eigenvalue weighted by Gasteiger charge is -2.26. The van der Waals surface area contributed by atoms with Crippen molar-refractivity contribution in [1.29, 1.82) is 0 Å². The second-order valence-electron chi connectivity index (χ2n) is 4.79. The molecule has 1 amide bonds. The molecule has 4 nitrogen and oxygen atoms in total. The van der Waals surface area contributed by atoms with Gasteiger partial charge in [-0.2, -0.15) is 0 Å². The number of amides is 1. The fraction of sp³-hybridized carbons (Fsp3) is 0.533. The zero-order valence-electron chi connectivity index (χ0n) is 12.1. The van der Waals surface area contributed by atoms with Crippen molar-refractivity contribution in [1.82, 2.24) is 5.32 Å². The van der Waals surface area contributed by atoms with Crippen molar-refractivity contribution < 1.29 is 14.3 Å². The molecule has 0 bridgehead atoms. The van der Waals surface area contributed by atoms with Gasteiger partial charge in [-0.1, -0.05) is 11.6 Å². The summed E-state index contributed by atoms with van der Waals surface area (Å²) in [4.78, 5) is 13.2. The Bertz CT molecular complexity index is 484. The fourth-order valence-electron chi connectivity index (χ4n) is 2.19. The van der Waals surface area contributed by atoms with E-state index < -0.39 is 0 Å². The smallest absolute Gasteiger partial charge is 0.222 e. The molecule has 0 aromatic heterocycles. The van der Waals surface area contributed by atoms with Gasteiger partial charge in [-0.25, -0.2) is 0 Å². The Morgan fingerprint density at radius 3 is 3.10 bits per heavy atom. The third-order valence-electron chi connectivity index (χ3n) is 3.25. The number of thioether (sulfide) groups is 1. The molecule has 1 heterocycles. The first-order valence-corrected chi connectivity index (χ1v) is 8.35. The van der Waals surface area contributed by atoms with Crippen LogP contribution in [0.15, 0.2) is 23.1 Å². The summed E-state index contributed by atoms with van der Waals surface area (Å²) in [5.41, 5.74) is 1.12. The Hall–Kier alpha value is -0.750. The van der Waals surface area contributed by atoms with Crippen molar-refractivity contribution in [2.45, 2.75) is 23.8 Å². The highest BCUT2D eigenvalue weighted by Crippen LogP contribution is 2.37. The summed E-state index contributed by atoms with van der Waals surface area (Å²) in [5, 5.41) is 3.78. The molecule has 0 saturated heterocycles. The highest BCUT2D eigenvalue weighted by atomic mass is 35.5. The van der Waals surface area contributed by atoms with Gasteiger partial charge in [-0.05, 0) is 30.2 Å². The van der Waals surface area contributed by atoms with Gasteiger partial charge in [0.2, 0.25) is 5.91 Å². The highest BCUT2D eigenvalue weighted by Gasteiger charge is 2.22. The Morgan fingerprint density at radius 2 is 2.29 bits per heavy atom. The van der Waals surface area contributed by atoms with Crippen molar-refractivity contribution in [3.05, 3.63) is 28.8 Å². The van der Waals surface area contributed by atoms with E-state index in [1.165, 1.54) is 4.90 Å². The van der Waals surface area contributed by atoms with E-state index in [0.29, 0.717) is 31.3 Å². The molecular weight excluding hydrogens is 310 g/mol. The van der Waals surface area contributed by atoms with Crippen LogP contribution in [0.25, 0.3) is 0 Å². The third kappa shape index (κ3) is 5.18. The van der Waals surface area contributed by atoms with Crippen LogP contribution < -0.4 is 5.32 Å². The second kappa shape index (κ2) is 8.63. The number of fused-ring (bicyclic) bond motifs is 1. The van der Waals surface area contributed by atoms with E-state index in [1.807, 2.05) is 18.2 Å². The molecule has 0 unspecified atom stereocenters.